The summed E-state index contributed by atoms with van der Waals surface area (Å²) in [4.78, 5) is 11.0. The van der Waals surface area contributed by atoms with Gasteiger partial charge in [0.25, 0.3) is 0 Å². The van der Waals surface area contributed by atoms with Crippen molar-refractivity contribution in [2.24, 2.45) is 5.92 Å². The van der Waals surface area contributed by atoms with E-state index in [4.69, 9.17) is 5.11 Å². The molecule has 0 amide bonds. The molecule has 1 aliphatic rings. The van der Waals surface area contributed by atoms with E-state index in [9.17, 15) is 21.6 Å². The summed E-state index contributed by atoms with van der Waals surface area (Å²) in [5, 5.41) is 7.94. The van der Waals surface area contributed by atoms with E-state index in [1.165, 1.54) is 0 Å². The predicted octanol–water partition coefficient (Wildman–Crippen LogP) is -0.408. The predicted molar refractivity (Wildman–Crippen MR) is 70.0 cm³/mol. The van der Waals surface area contributed by atoms with Gasteiger partial charge in [-0.1, -0.05) is 13.8 Å². The van der Waals surface area contributed by atoms with E-state index in [2.05, 4.69) is 4.72 Å². The van der Waals surface area contributed by atoms with Crippen molar-refractivity contribution >= 4 is 25.8 Å². The molecule has 1 heterocycles. The first kappa shape index (κ1) is 16.4. The first-order valence-electron chi connectivity index (χ1n) is 5.98. The summed E-state index contributed by atoms with van der Waals surface area (Å²) >= 11 is 0. The van der Waals surface area contributed by atoms with E-state index in [0.717, 1.165) is 0 Å². The van der Waals surface area contributed by atoms with Crippen LogP contribution in [0.5, 0.6) is 0 Å². The second kappa shape index (κ2) is 5.76. The Balaban J connectivity index is 2.81. The van der Waals surface area contributed by atoms with Crippen molar-refractivity contribution in [2.45, 2.75) is 38.0 Å². The SMILES string of the molecule is CC(C)CC(NS(=O)(=O)C1CCS(=O)(=O)C1)C(=O)O. The zero-order valence-corrected chi connectivity index (χ0v) is 12.5. The van der Waals surface area contributed by atoms with Crippen molar-refractivity contribution < 1.29 is 26.7 Å². The molecule has 9 heteroatoms. The maximum atomic E-state index is 12.0. The lowest BCUT2D eigenvalue weighted by atomic mass is 10.1. The number of sulfonamides is 1. The normalized spacial score (nSPS) is 24.5. The second-order valence-corrected chi connectivity index (χ2v) is 9.43. The fourth-order valence-corrected chi connectivity index (χ4v) is 6.22. The summed E-state index contributed by atoms with van der Waals surface area (Å²) in [7, 11) is -7.26. The van der Waals surface area contributed by atoms with E-state index >= 15 is 0 Å². The Bertz CT molecular complexity index is 536. The highest BCUT2D eigenvalue weighted by molar-refractivity contribution is 7.95. The van der Waals surface area contributed by atoms with Crippen LogP contribution in [0.1, 0.15) is 26.7 Å². The average Bonchev–Trinajstić information content (AvgIpc) is 2.57. The van der Waals surface area contributed by atoms with Gasteiger partial charge in [0, 0.05) is 0 Å². The number of aliphatic carboxylic acids is 1. The van der Waals surface area contributed by atoms with Crippen molar-refractivity contribution in [3.8, 4) is 0 Å². The van der Waals surface area contributed by atoms with Crippen LogP contribution in [0.15, 0.2) is 0 Å². The summed E-state index contributed by atoms with van der Waals surface area (Å²) in [5.41, 5.74) is 0. The van der Waals surface area contributed by atoms with Gasteiger partial charge in [0.15, 0.2) is 9.84 Å². The largest absolute Gasteiger partial charge is 0.480 e. The number of carboxylic acids is 1. The minimum atomic E-state index is -3.93. The quantitative estimate of drug-likeness (QED) is 0.688. The van der Waals surface area contributed by atoms with Crippen LogP contribution in [0.4, 0.5) is 0 Å². The van der Waals surface area contributed by atoms with Gasteiger partial charge in [-0.2, -0.15) is 0 Å². The Morgan fingerprint density at radius 1 is 1.42 bits per heavy atom. The van der Waals surface area contributed by atoms with Crippen LogP contribution >= 0.6 is 0 Å². The van der Waals surface area contributed by atoms with Crippen LogP contribution in [-0.2, 0) is 24.7 Å². The van der Waals surface area contributed by atoms with E-state index < -0.39 is 42.9 Å². The fraction of sp³-hybridized carbons (Fsp3) is 0.900. The highest BCUT2D eigenvalue weighted by atomic mass is 32.2. The molecule has 1 fully saturated rings. The highest BCUT2D eigenvalue weighted by Crippen LogP contribution is 2.19. The maximum absolute atomic E-state index is 12.0. The number of carbonyl (C=O) groups is 1. The van der Waals surface area contributed by atoms with Crippen molar-refractivity contribution in [1.29, 1.82) is 0 Å². The van der Waals surface area contributed by atoms with Crippen molar-refractivity contribution in [3.05, 3.63) is 0 Å². The molecule has 0 bridgehead atoms. The molecule has 0 spiro atoms. The molecule has 0 radical (unpaired) electrons. The molecule has 1 aliphatic heterocycles. The number of hydrogen-bond acceptors (Lipinski definition) is 5. The molecule has 2 unspecified atom stereocenters. The van der Waals surface area contributed by atoms with Gasteiger partial charge in [-0.15, -0.1) is 0 Å². The fourth-order valence-electron chi connectivity index (χ4n) is 1.97. The first-order chi connectivity index (χ1) is 8.53. The lowest BCUT2D eigenvalue weighted by molar-refractivity contribution is -0.139. The minimum absolute atomic E-state index is 0.0103. The second-order valence-electron chi connectivity index (χ2n) is 5.21. The van der Waals surface area contributed by atoms with Crippen LogP contribution in [0.2, 0.25) is 0 Å². The minimum Gasteiger partial charge on any atom is -0.480 e. The van der Waals surface area contributed by atoms with Crippen LogP contribution in [-0.4, -0.2) is 50.7 Å². The molecule has 0 saturated carbocycles. The van der Waals surface area contributed by atoms with E-state index in [0.29, 0.717) is 0 Å². The molecule has 0 aliphatic carbocycles. The first-order valence-corrected chi connectivity index (χ1v) is 9.34. The Hall–Kier alpha value is -0.670. The topological polar surface area (TPSA) is 118 Å². The molecule has 112 valence electrons. The Morgan fingerprint density at radius 2 is 2.00 bits per heavy atom. The Labute approximate surface area is 113 Å². The van der Waals surface area contributed by atoms with E-state index in [1.54, 1.807) is 13.8 Å². The molecule has 1 rings (SSSR count). The van der Waals surface area contributed by atoms with Gasteiger partial charge in [-0.05, 0) is 18.8 Å². The number of carboxylic acid groups (broad SMARTS) is 1. The average molecular weight is 313 g/mol. The zero-order chi connectivity index (χ0) is 14.8. The van der Waals surface area contributed by atoms with Crippen molar-refractivity contribution in [3.63, 3.8) is 0 Å². The van der Waals surface area contributed by atoms with Gasteiger partial charge >= 0.3 is 5.97 Å². The molecule has 7 nitrogen and oxygen atoms in total. The van der Waals surface area contributed by atoms with E-state index in [-0.39, 0.29) is 24.5 Å². The third-order valence-electron chi connectivity index (χ3n) is 2.94. The van der Waals surface area contributed by atoms with Crippen molar-refractivity contribution in [1.82, 2.24) is 4.72 Å². The molecule has 2 N–H and O–H groups in total. The lowest BCUT2D eigenvalue weighted by Gasteiger charge is -2.18. The number of hydrogen-bond donors (Lipinski definition) is 2. The van der Waals surface area contributed by atoms with Crippen LogP contribution in [0.25, 0.3) is 0 Å². The van der Waals surface area contributed by atoms with Gasteiger partial charge in [-0.3, -0.25) is 4.79 Å². The maximum Gasteiger partial charge on any atom is 0.321 e. The lowest BCUT2D eigenvalue weighted by Crippen LogP contribution is -2.46. The van der Waals surface area contributed by atoms with Gasteiger partial charge in [0.1, 0.15) is 6.04 Å². The van der Waals surface area contributed by atoms with Gasteiger partial charge in [0.2, 0.25) is 10.0 Å². The Morgan fingerprint density at radius 3 is 2.37 bits per heavy atom. The monoisotopic (exact) mass is 313 g/mol. The molecular formula is C10H19NO6S2. The molecular weight excluding hydrogens is 294 g/mol. The van der Waals surface area contributed by atoms with Crippen LogP contribution in [0.3, 0.4) is 0 Å². The summed E-state index contributed by atoms with van der Waals surface area (Å²) in [5.74, 6) is -1.84. The molecule has 1 saturated heterocycles. The van der Waals surface area contributed by atoms with Crippen molar-refractivity contribution in [2.75, 3.05) is 11.5 Å². The highest BCUT2D eigenvalue weighted by Gasteiger charge is 2.39. The summed E-state index contributed by atoms with van der Waals surface area (Å²) in [6, 6.07) is -1.21. The molecule has 19 heavy (non-hydrogen) atoms. The molecule has 0 aromatic heterocycles. The summed E-state index contributed by atoms with van der Waals surface area (Å²) < 4.78 is 48.6. The Kier molecular flexibility index (Phi) is 4.97. The van der Waals surface area contributed by atoms with Crippen LogP contribution in [0, 0.1) is 5.92 Å². The smallest absolute Gasteiger partial charge is 0.321 e. The molecule has 0 aromatic rings. The zero-order valence-electron chi connectivity index (χ0n) is 10.9. The third kappa shape index (κ3) is 4.73. The number of nitrogens with one attached hydrogen (secondary N) is 1. The molecule has 2 atom stereocenters. The number of rotatable bonds is 6. The van der Waals surface area contributed by atoms with Crippen LogP contribution < -0.4 is 4.72 Å². The summed E-state index contributed by atoms with van der Waals surface area (Å²) in [6.07, 6.45) is 0.180. The van der Waals surface area contributed by atoms with Gasteiger partial charge < -0.3 is 5.11 Å². The van der Waals surface area contributed by atoms with E-state index in [1.807, 2.05) is 0 Å². The standard InChI is InChI=1S/C10H19NO6S2/c1-7(2)5-9(10(12)13)11-19(16,17)8-3-4-18(14,15)6-8/h7-9,11H,3-6H2,1-2H3,(H,12,13). The van der Waals surface area contributed by atoms with Gasteiger partial charge in [-0.25, -0.2) is 21.6 Å². The number of sulfone groups is 1. The van der Waals surface area contributed by atoms with Gasteiger partial charge in [0.05, 0.1) is 16.8 Å². The summed E-state index contributed by atoms with van der Waals surface area (Å²) in [6.45, 7) is 3.56. The molecule has 0 aromatic carbocycles. The third-order valence-corrected chi connectivity index (χ3v) is 6.81.